The first kappa shape index (κ1) is 18.1. The highest BCUT2D eigenvalue weighted by Crippen LogP contribution is 2.34. The number of rotatable bonds is 5. The summed E-state index contributed by atoms with van der Waals surface area (Å²) in [4.78, 5) is 24.0. The second-order valence-electron chi connectivity index (χ2n) is 5.82. The van der Waals surface area contributed by atoms with Crippen molar-refractivity contribution in [3.05, 3.63) is 53.9 Å². The van der Waals surface area contributed by atoms with Crippen molar-refractivity contribution >= 4 is 17.7 Å². The predicted molar refractivity (Wildman–Crippen MR) is 104 cm³/mol. The molecular weight excluding hydrogens is 344 g/mol. The zero-order valence-electron chi connectivity index (χ0n) is 15.3. The van der Waals surface area contributed by atoms with Gasteiger partial charge in [-0.3, -0.25) is 0 Å². The third kappa shape index (κ3) is 3.95. The third-order valence-corrected chi connectivity index (χ3v) is 4.13. The Hall–Kier alpha value is -3.68. The number of benzene rings is 1. The molecule has 0 atom stereocenters. The van der Waals surface area contributed by atoms with Crippen LogP contribution in [0.15, 0.2) is 42.7 Å². The molecule has 0 aliphatic rings. The topological polar surface area (TPSA) is 115 Å². The Kier molecular flexibility index (Phi) is 5.16. The van der Waals surface area contributed by atoms with Crippen LogP contribution in [0.4, 0.5) is 16.4 Å². The number of nitrogens with zero attached hydrogens (tertiary/aromatic N) is 3. The first-order valence-corrected chi connectivity index (χ1v) is 8.30. The zero-order chi connectivity index (χ0) is 19.4. The van der Waals surface area contributed by atoms with E-state index in [1.54, 1.807) is 37.6 Å². The van der Waals surface area contributed by atoms with Gasteiger partial charge in [-0.25, -0.2) is 19.7 Å². The van der Waals surface area contributed by atoms with Crippen LogP contribution in [-0.2, 0) is 0 Å². The van der Waals surface area contributed by atoms with Crippen LogP contribution in [0.3, 0.4) is 0 Å². The number of hydrogen-bond donors (Lipinski definition) is 3. The van der Waals surface area contributed by atoms with Crippen molar-refractivity contribution in [1.82, 2.24) is 15.0 Å². The van der Waals surface area contributed by atoms with E-state index in [9.17, 15) is 4.79 Å². The monoisotopic (exact) mass is 364 g/mol. The van der Waals surface area contributed by atoms with Crippen LogP contribution in [0, 0.1) is 13.8 Å². The van der Waals surface area contributed by atoms with E-state index in [2.05, 4.69) is 25.6 Å². The molecule has 0 saturated heterocycles. The highest BCUT2D eigenvalue weighted by atomic mass is 16.5. The molecule has 2 amide bonds. The van der Waals surface area contributed by atoms with Gasteiger partial charge in [0.25, 0.3) is 0 Å². The molecule has 8 heteroatoms. The number of nitrogens with one attached hydrogen (secondary N) is 2. The smallest absolute Gasteiger partial charge is 0.316 e. The van der Waals surface area contributed by atoms with Gasteiger partial charge in [0.15, 0.2) is 0 Å². The Morgan fingerprint density at radius 3 is 2.63 bits per heavy atom. The maximum absolute atomic E-state index is 11.1. The quantitative estimate of drug-likeness (QED) is 0.638. The molecule has 0 saturated carbocycles. The van der Waals surface area contributed by atoms with Crippen LogP contribution in [0.2, 0.25) is 0 Å². The molecule has 3 rings (SSSR count). The van der Waals surface area contributed by atoms with Gasteiger partial charge >= 0.3 is 6.03 Å². The van der Waals surface area contributed by atoms with Crippen LogP contribution in [0.25, 0.3) is 11.3 Å². The van der Waals surface area contributed by atoms with Crippen LogP contribution in [0.1, 0.15) is 11.1 Å². The Bertz CT molecular complexity index is 990. The average Bonchev–Trinajstić information content (AvgIpc) is 2.68. The van der Waals surface area contributed by atoms with Gasteiger partial charge in [-0.15, -0.1) is 0 Å². The number of hydrogen-bond acceptors (Lipinski definition) is 6. The van der Waals surface area contributed by atoms with Crippen molar-refractivity contribution in [2.75, 3.05) is 17.7 Å². The molecule has 0 unspecified atom stereocenters. The second-order valence-corrected chi connectivity index (χ2v) is 5.82. The molecule has 0 fully saturated rings. The van der Waals surface area contributed by atoms with Gasteiger partial charge < -0.3 is 21.1 Å². The number of urea groups is 1. The van der Waals surface area contributed by atoms with Crippen molar-refractivity contribution in [1.29, 1.82) is 0 Å². The predicted octanol–water partition coefficient (Wildman–Crippen LogP) is 3.48. The summed E-state index contributed by atoms with van der Waals surface area (Å²) in [5.41, 5.74) is 9.02. The van der Waals surface area contributed by atoms with Crippen LogP contribution >= 0.6 is 0 Å². The fraction of sp³-hybridized carbons (Fsp3) is 0.158. The molecule has 0 radical (unpaired) electrons. The van der Waals surface area contributed by atoms with Gasteiger partial charge in [-0.05, 0) is 55.3 Å². The van der Waals surface area contributed by atoms with Gasteiger partial charge in [0.2, 0.25) is 11.8 Å². The lowest BCUT2D eigenvalue weighted by molar-refractivity contribution is 0.259. The molecular formula is C19H20N6O2. The Morgan fingerprint density at radius 1 is 1.07 bits per heavy atom. The summed E-state index contributed by atoms with van der Waals surface area (Å²) >= 11 is 0. The first-order valence-electron chi connectivity index (χ1n) is 8.30. The minimum absolute atomic E-state index is 0.427. The molecule has 3 aromatic rings. The number of carbonyl (C=O) groups is 1. The molecule has 0 spiro atoms. The van der Waals surface area contributed by atoms with Crippen LogP contribution in [-0.4, -0.2) is 28.0 Å². The van der Waals surface area contributed by atoms with Crippen molar-refractivity contribution in [3.8, 4) is 22.9 Å². The lowest BCUT2D eigenvalue weighted by Crippen LogP contribution is -2.20. The highest BCUT2D eigenvalue weighted by Gasteiger charge is 2.14. The molecule has 0 aliphatic carbocycles. The fourth-order valence-corrected chi connectivity index (χ4v) is 2.57. The molecule has 2 aromatic heterocycles. The molecule has 27 heavy (non-hydrogen) atoms. The first-order chi connectivity index (χ1) is 13.0. The number of pyridine rings is 1. The maximum Gasteiger partial charge on any atom is 0.316 e. The van der Waals surface area contributed by atoms with E-state index in [1.165, 1.54) is 0 Å². The minimum Gasteiger partial charge on any atom is -0.438 e. The van der Waals surface area contributed by atoms with E-state index in [0.717, 1.165) is 16.7 Å². The minimum atomic E-state index is -0.609. The van der Waals surface area contributed by atoms with Crippen molar-refractivity contribution < 1.29 is 9.53 Å². The number of primary amides is 1. The average molecular weight is 364 g/mol. The highest BCUT2D eigenvalue weighted by molar-refractivity contribution is 5.89. The van der Waals surface area contributed by atoms with Gasteiger partial charge in [-0.1, -0.05) is 0 Å². The summed E-state index contributed by atoms with van der Waals surface area (Å²) in [6.45, 7) is 3.79. The van der Waals surface area contributed by atoms with Crippen molar-refractivity contribution in [2.24, 2.45) is 5.73 Å². The molecule has 2 heterocycles. The summed E-state index contributed by atoms with van der Waals surface area (Å²) in [5, 5.41) is 5.52. The molecule has 4 N–H and O–H groups in total. The SMILES string of the molecule is CNc1nccc(-c2cccnc2Oc2ccc(NC(N)=O)c(C)c2C)n1. The fourth-order valence-electron chi connectivity index (χ4n) is 2.57. The van der Waals surface area contributed by atoms with Crippen LogP contribution in [0.5, 0.6) is 11.6 Å². The summed E-state index contributed by atoms with van der Waals surface area (Å²) in [6.07, 6.45) is 3.33. The van der Waals surface area contributed by atoms with E-state index in [1.807, 2.05) is 26.0 Å². The molecule has 1 aromatic carbocycles. The molecule has 0 bridgehead atoms. The number of anilines is 2. The van der Waals surface area contributed by atoms with Crippen molar-refractivity contribution in [3.63, 3.8) is 0 Å². The molecule has 0 aliphatic heterocycles. The normalized spacial score (nSPS) is 10.3. The Labute approximate surface area is 156 Å². The van der Waals surface area contributed by atoms with E-state index < -0.39 is 6.03 Å². The third-order valence-electron chi connectivity index (χ3n) is 4.13. The number of ether oxygens (including phenoxy) is 1. The number of carbonyl (C=O) groups excluding carboxylic acids is 1. The summed E-state index contributed by atoms with van der Waals surface area (Å²) in [5.74, 6) is 1.57. The van der Waals surface area contributed by atoms with Crippen LogP contribution < -0.4 is 21.1 Å². The molecule has 8 nitrogen and oxygen atoms in total. The zero-order valence-corrected chi connectivity index (χ0v) is 15.3. The summed E-state index contributed by atoms with van der Waals surface area (Å²) in [6, 6.07) is 8.40. The van der Waals surface area contributed by atoms with Gasteiger partial charge in [0.05, 0.1) is 11.3 Å². The van der Waals surface area contributed by atoms with Gasteiger partial charge in [0, 0.05) is 25.1 Å². The van der Waals surface area contributed by atoms with E-state index in [4.69, 9.17) is 10.5 Å². The number of aromatic nitrogens is 3. The number of amides is 2. The largest absolute Gasteiger partial charge is 0.438 e. The van der Waals surface area contributed by atoms with E-state index >= 15 is 0 Å². The van der Waals surface area contributed by atoms with Crippen molar-refractivity contribution in [2.45, 2.75) is 13.8 Å². The Morgan fingerprint density at radius 2 is 1.89 bits per heavy atom. The van der Waals surface area contributed by atoms with Gasteiger partial charge in [0.1, 0.15) is 5.75 Å². The maximum atomic E-state index is 11.1. The van der Waals surface area contributed by atoms with Gasteiger partial charge in [-0.2, -0.15) is 0 Å². The Balaban J connectivity index is 1.97. The van der Waals surface area contributed by atoms with E-state index in [0.29, 0.717) is 29.0 Å². The number of nitrogens with two attached hydrogens (primary N) is 1. The lowest BCUT2D eigenvalue weighted by atomic mass is 10.1. The molecule has 138 valence electrons. The standard InChI is InChI=1S/C19H20N6O2/c1-11-12(2)16(7-6-14(11)24-18(20)26)27-17-13(5-4-9-22-17)15-8-10-23-19(21-3)25-15/h4-10H,1-3H3,(H3,20,24,26)(H,21,23,25). The summed E-state index contributed by atoms with van der Waals surface area (Å²) in [7, 11) is 1.76. The lowest BCUT2D eigenvalue weighted by Gasteiger charge is -2.15. The summed E-state index contributed by atoms with van der Waals surface area (Å²) < 4.78 is 6.07. The second kappa shape index (κ2) is 7.69. The van der Waals surface area contributed by atoms with E-state index in [-0.39, 0.29) is 0 Å².